The highest BCUT2D eigenvalue weighted by Crippen LogP contribution is 2.35. The van der Waals surface area contributed by atoms with Gasteiger partial charge in [0.2, 0.25) is 11.8 Å². The molecule has 0 radical (unpaired) electrons. The summed E-state index contributed by atoms with van der Waals surface area (Å²) >= 11 is 0. The summed E-state index contributed by atoms with van der Waals surface area (Å²) in [5.74, 6) is 1.95. The maximum atomic E-state index is 11.6. The summed E-state index contributed by atoms with van der Waals surface area (Å²) in [6, 6.07) is 10.3. The van der Waals surface area contributed by atoms with Crippen LogP contribution in [-0.4, -0.2) is 68.2 Å². The lowest BCUT2D eigenvalue weighted by Gasteiger charge is -2.22. The minimum absolute atomic E-state index is 0.153. The fourth-order valence-corrected chi connectivity index (χ4v) is 4.62. The Bertz CT molecular complexity index is 1350. The van der Waals surface area contributed by atoms with E-state index in [0.717, 1.165) is 12.3 Å². The van der Waals surface area contributed by atoms with E-state index in [0.29, 0.717) is 41.0 Å². The number of aromatic nitrogens is 4. The lowest BCUT2D eigenvalue weighted by atomic mass is 10.3. The molecule has 10 nitrogen and oxygen atoms in total. The molecule has 1 atom stereocenters. The first kappa shape index (κ1) is 29.6. The second kappa shape index (κ2) is 12.3. The van der Waals surface area contributed by atoms with Crippen molar-refractivity contribution in [2.24, 2.45) is 0 Å². The van der Waals surface area contributed by atoms with Gasteiger partial charge in [-0.25, -0.2) is 13.1 Å². The van der Waals surface area contributed by atoms with Crippen LogP contribution in [0.25, 0.3) is 11.0 Å². The Hall–Kier alpha value is -2.96. The summed E-state index contributed by atoms with van der Waals surface area (Å²) in [4.78, 5) is 11.6. The van der Waals surface area contributed by atoms with Crippen molar-refractivity contribution in [3.05, 3.63) is 41.8 Å². The molecule has 12 heteroatoms. The van der Waals surface area contributed by atoms with Crippen LogP contribution < -0.4 is 15.0 Å². The number of ether oxygens (including phenoxy) is 2. The number of sulfone groups is 1. The second-order valence-electron chi connectivity index (χ2n) is 10.9. The molecule has 0 aliphatic heterocycles. The number of benzene rings is 1. The van der Waals surface area contributed by atoms with Gasteiger partial charge in [-0.2, -0.15) is 15.1 Å². The third-order valence-corrected chi connectivity index (χ3v) is 8.14. The lowest BCUT2D eigenvalue weighted by molar-refractivity contribution is 0.0814. The van der Waals surface area contributed by atoms with Crippen molar-refractivity contribution in [2.75, 3.05) is 30.1 Å². The van der Waals surface area contributed by atoms with Crippen LogP contribution in [0.3, 0.4) is 0 Å². The quantitative estimate of drug-likeness (QED) is 0.224. The molecule has 0 aliphatic rings. The molecule has 2 heterocycles. The largest absolute Gasteiger partial charge is 0.438 e. The Kier molecular flexibility index (Phi) is 9.55. The van der Waals surface area contributed by atoms with Gasteiger partial charge in [-0.1, -0.05) is 43.9 Å². The van der Waals surface area contributed by atoms with Crippen molar-refractivity contribution < 1.29 is 17.9 Å². The van der Waals surface area contributed by atoms with Gasteiger partial charge in [0.25, 0.3) is 0 Å². The van der Waals surface area contributed by atoms with E-state index in [1.807, 2.05) is 49.2 Å². The standard InChI is InChI=1S/C26H40N6O4SSi/c1-19(2)31(4)26-28-24-22(25(29-26)36-21-12-10-9-11-13-21)23(27-20(3)14-16-37(5,33)34)30-32(24)18-35-15-17-38(6,7)8/h9-14,16,19-20H,15,17-18H2,1-8H3,(H,27,30)/b16-14+. The van der Waals surface area contributed by atoms with Gasteiger partial charge in [0, 0.05) is 45.5 Å². The van der Waals surface area contributed by atoms with Gasteiger partial charge in [0.1, 0.15) is 17.9 Å². The van der Waals surface area contributed by atoms with Crippen LogP contribution in [0.5, 0.6) is 11.6 Å². The Morgan fingerprint density at radius 3 is 2.42 bits per heavy atom. The van der Waals surface area contributed by atoms with Gasteiger partial charge in [-0.15, -0.1) is 0 Å². The lowest BCUT2D eigenvalue weighted by Crippen LogP contribution is -2.27. The van der Waals surface area contributed by atoms with Crippen LogP contribution in [-0.2, 0) is 21.3 Å². The molecule has 0 fully saturated rings. The molecule has 2 aromatic heterocycles. The normalized spacial score (nSPS) is 13.4. The molecule has 0 amide bonds. The van der Waals surface area contributed by atoms with Crippen molar-refractivity contribution in [1.82, 2.24) is 19.7 Å². The third-order valence-electron chi connectivity index (χ3n) is 5.78. The zero-order valence-electron chi connectivity index (χ0n) is 23.6. The third kappa shape index (κ3) is 8.53. The molecular formula is C26H40N6O4SSi. The number of rotatable bonds is 13. The van der Waals surface area contributed by atoms with E-state index >= 15 is 0 Å². The van der Waals surface area contributed by atoms with Gasteiger partial charge >= 0.3 is 0 Å². The van der Waals surface area contributed by atoms with Crippen molar-refractivity contribution in [3.8, 4) is 11.6 Å². The van der Waals surface area contributed by atoms with Crippen LogP contribution in [0, 0.1) is 0 Å². The molecule has 208 valence electrons. The molecule has 0 bridgehead atoms. The molecule has 1 unspecified atom stereocenters. The summed E-state index contributed by atoms with van der Waals surface area (Å²) in [6.45, 7) is 13.7. The predicted octanol–water partition coefficient (Wildman–Crippen LogP) is 5.13. The average Bonchev–Trinajstić information content (AvgIpc) is 3.17. The Labute approximate surface area is 227 Å². The second-order valence-corrected chi connectivity index (χ2v) is 18.5. The topological polar surface area (TPSA) is 111 Å². The predicted molar refractivity (Wildman–Crippen MR) is 157 cm³/mol. The number of hydrogen-bond donors (Lipinski definition) is 1. The Morgan fingerprint density at radius 2 is 1.82 bits per heavy atom. The highest BCUT2D eigenvalue weighted by Gasteiger charge is 2.23. The number of nitrogens with zero attached hydrogens (tertiary/aromatic N) is 5. The molecule has 3 rings (SSSR count). The minimum Gasteiger partial charge on any atom is -0.438 e. The number of anilines is 2. The molecule has 3 aromatic rings. The summed E-state index contributed by atoms with van der Waals surface area (Å²) in [6.07, 6.45) is 2.73. The minimum atomic E-state index is -3.27. The van der Waals surface area contributed by atoms with Crippen molar-refractivity contribution in [3.63, 3.8) is 0 Å². The number of hydrogen-bond acceptors (Lipinski definition) is 9. The van der Waals surface area contributed by atoms with Crippen LogP contribution in [0.4, 0.5) is 11.8 Å². The van der Waals surface area contributed by atoms with E-state index in [4.69, 9.17) is 24.5 Å². The van der Waals surface area contributed by atoms with Crippen LogP contribution in [0.2, 0.25) is 25.7 Å². The zero-order valence-corrected chi connectivity index (χ0v) is 25.4. The average molecular weight is 561 g/mol. The van der Waals surface area contributed by atoms with Crippen molar-refractivity contribution in [2.45, 2.75) is 65.3 Å². The van der Waals surface area contributed by atoms with Gasteiger partial charge < -0.3 is 19.7 Å². The van der Waals surface area contributed by atoms with E-state index in [1.165, 1.54) is 5.41 Å². The molecule has 1 aromatic carbocycles. The fraction of sp³-hybridized carbons (Fsp3) is 0.500. The van der Waals surface area contributed by atoms with Crippen LogP contribution >= 0.6 is 0 Å². The van der Waals surface area contributed by atoms with E-state index in [9.17, 15) is 8.42 Å². The molecule has 0 spiro atoms. The number of nitrogens with one attached hydrogen (secondary N) is 1. The molecule has 1 N–H and O–H groups in total. The summed E-state index contributed by atoms with van der Waals surface area (Å²) in [5.41, 5.74) is 0.559. The van der Waals surface area contributed by atoms with E-state index in [-0.39, 0.29) is 18.8 Å². The van der Waals surface area contributed by atoms with Gasteiger partial charge in [-0.3, -0.25) is 0 Å². The smallest absolute Gasteiger partial charge is 0.237 e. The molecule has 0 aliphatic carbocycles. The first-order valence-electron chi connectivity index (χ1n) is 12.7. The molecular weight excluding hydrogens is 520 g/mol. The van der Waals surface area contributed by atoms with Crippen LogP contribution in [0.15, 0.2) is 41.8 Å². The van der Waals surface area contributed by atoms with Crippen molar-refractivity contribution in [1.29, 1.82) is 0 Å². The van der Waals surface area contributed by atoms with Gasteiger partial charge in [-0.05, 0) is 38.9 Å². The first-order valence-corrected chi connectivity index (χ1v) is 18.4. The van der Waals surface area contributed by atoms with Gasteiger partial charge in [0.15, 0.2) is 21.3 Å². The zero-order chi connectivity index (χ0) is 28.1. The summed E-state index contributed by atoms with van der Waals surface area (Å²) in [7, 11) is -2.59. The molecule has 38 heavy (non-hydrogen) atoms. The Balaban J connectivity index is 2.11. The summed E-state index contributed by atoms with van der Waals surface area (Å²) in [5, 5.41) is 9.81. The molecule has 0 saturated heterocycles. The SMILES string of the molecule is CC(/C=C/S(C)(=O)=O)Nc1nn(COCC[Si](C)(C)C)c2nc(N(C)C(C)C)nc(Oc3ccccc3)c12. The number of para-hydroxylation sites is 1. The van der Waals surface area contributed by atoms with E-state index in [2.05, 4.69) is 38.8 Å². The van der Waals surface area contributed by atoms with E-state index < -0.39 is 17.9 Å². The first-order chi connectivity index (χ1) is 17.7. The van der Waals surface area contributed by atoms with Crippen LogP contribution in [0.1, 0.15) is 20.8 Å². The highest BCUT2D eigenvalue weighted by molar-refractivity contribution is 7.93. The monoisotopic (exact) mass is 560 g/mol. The molecule has 0 saturated carbocycles. The maximum absolute atomic E-state index is 11.6. The Morgan fingerprint density at radius 1 is 1.13 bits per heavy atom. The summed E-state index contributed by atoms with van der Waals surface area (Å²) < 4.78 is 37.3. The van der Waals surface area contributed by atoms with Crippen molar-refractivity contribution >= 4 is 40.7 Å². The maximum Gasteiger partial charge on any atom is 0.237 e. The van der Waals surface area contributed by atoms with Gasteiger partial charge in [0.05, 0.1) is 0 Å². The van der Waals surface area contributed by atoms with E-state index in [1.54, 1.807) is 10.8 Å². The number of fused-ring (bicyclic) bond motifs is 1. The fourth-order valence-electron chi connectivity index (χ4n) is 3.34. The highest BCUT2D eigenvalue weighted by atomic mass is 32.2.